The largest absolute Gasteiger partial charge is 0.349 e. The van der Waals surface area contributed by atoms with Crippen molar-refractivity contribution in [2.45, 2.75) is 110 Å². The number of para-hydroxylation sites is 2. The van der Waals surface area contributed by atoms with Crippen molar-refractivity contribution < 1.29 is 14.0 Å². The maximum Gasteiger partial charge on any atom is 0.245 e. The lowest BCUT2D eigenvalue weighted by Crippen LogP contribution is -2.52. The first kappa shape index (κ1) is 30.8. The van der Waals surface area contributed by atoms with Gasteiger partial charge in [-0.1, -0.05) is 87.9 Å². The summed E-state index contributed by atoms with van der Waals surface area (Å²) in [6, 6.07) is 25.3. The quantitative estimate of drug-likeness (QED) is 0.162. The second kappa shape index (κ2) is 11.0. The number of fused-ring (bicyclic) bond motifs is 9. The first-order valence-electron chi connectivity index (χ1n) is 19.7. The zero-order chi connectivity index (χ0) is 33.1. The number of nitrogens with zero attached hydrogens (tertiary/aromatic N) is 2. The van der Waals surface area contributed by atoms with E-state index in [4.69, 9.17) is 9.47 Å². The van der Waals surface area contributed by atoms with Gasteiger partial charge in [0.2, 0.25) is 6.33 Å². The lowest BCUT2D eigenvalue weighted by Gasteiger charge is -2.58. The van der Waals surface area contributed by atoms with E-state index in [9.17, 15) is 0 Å². The average molecular weight is 656 g/mol. The third kappa shape index (κ3) is 4.51. The maximum absolute atomic E-state index is 7.06. The molecule has 3 saturated carbocycles. The van der Waals surface area contributed by atoms with Crippen LogP contribution in [0.3, 0.4) is 0 Å². The van der Waals surface area contributed by atoms with Crippen molar-refractivity contribution in [1.82, 2.24) is 4.57 Å². The minimum atomic E-state index is -0.313. The second-order valence-corrected chi connectivity index (χ2v) is 18.0. The SMILES string of the molecule is C[C@@H]1CC[C@@]2(OC1)O[C@H]1C[C@H]3[C@@H]4CC=C5C[C@H](n6c[n+](Cc7ccc8ccccc8c7)c7ccccc76)CC[C@]5(C)[C@H]4CC[C@]3(C)[C@H]1[C@@H]2C. The summed E-state index contributed by atoms with van der Waals surface area (Å²) in [5.74, 6) is 3.87. The Morgan fingerprint density at radius 3 is 2.57 bits per heavy atom. The molecule has 0 amide bonds. The summed E-state index contributed by atoms with van der Waals surface area (Å²) in [5, 5.41) is 2.63. The number of aromatic nitrogens is 2. The maximum atomic E-state index is 7.06. The highest BCUT2D eigenvalue weighted by atomic mass is 16.7. The van der Waals surface area contributed by atoms with E-state index < -0.39 is 0 Å². The van der Waals surface area contributed by atoms with Gasteiger partial charge in [-0.25, -0.2) is 9.13 Å². The smallest absolute Gasteiger partial charge is 0.245 e. The molecule has 6 aliphatic rings. The Morgan fingerprint density at radius 1 is 0.878 bits per heavy atom. The first-order valence-corrected chi connectivity index (χ1v) is 19.7. The number of hydrogen-bond acceptors (Lipinski definition) is 2. The Kier molecular flexibility index (Phi) is 6.94. The molecule has 0 N–H and O–H groups in total. The molecule has 4 aliphatic carbocycles. The number of rotatable bonds is 3. The molecule has 0 bridgehead atoms. The summed E-state index contributed by atoms with van der Waals surface area (Å²) in [5.41, 5.74) is 6.55. The van der Waals surface area contributed by atoms with E-state index >= 15 is 0 Å². The fourth-order valence-electron chi connectivity index (χ4n) is 13.0. The molecule has 11 atom stereocenters. The minimum Gasteiger partial charge on any atom is -0.349 e. The highest BCUT2D eigenvalue weighted by Crippen LogP contribution is 2.71. The molecule has 3 aromatic carbocycles. The van der Waals surface area contributed by atoms with Crippen molar-refractivity contribution in [1.29, 1.82) is 0 Å². The predicted octanol–water partition coefficient (Wildman–Crippen LogP) is 10.0. The molecule has 2 saturated heterocycles. The van der Waals surface area contributed by atoms with Crippen LogP contribution >= 0.6 is 0 Å². The average Bonchev–Trinajstić information content (AvgIpc) is 3.72. The van der Waals surface area contributed by atoms with Crippen molar-refractivity contribution in [3.8, 4) is 0 Å². The molecule has 4 nitrogen and oxygen atoms in total. The summed E-state index contributed by atoms with van der Waals surface area (Å²) in [6.45, 7) is 11.9. The van der Waals surface area contributed by atoms with Gasteiger partial charge in [0.05, 0.1) is 12.7 Å². The molecule has 49 heavy (non-hydrogen) atoms. The highest BCUT2D eigenvalue weighted by molar-refractivity contribution is 5.83. The summed E-state index contributed by atoms with van der Waals surface area (Å²) in [6.07, 6.45) is 16.9. The van der Waals surface area contributed by atoms with E-state index in [0.717, 1.165) is 37.3 Å². The molecule has 1 spiro atoms. The number of hydrogen-bond donors (Lipinski definition) is 0. The molecule has 0 unspecified atom stereocenters. The van der Waals surface area contributed by atoms with Crippen molar-refractivity contribution in [2.75, 3.05) is 6.61 Å². The van der Waals surface area contributed by atoms with Crippen molar-refractivity contribution in [3.63, 3.8) is 0 Å². The summed E-state index contributed by atoms with van der Waals surface area (Å²) < 4.78 is 18.8. The van der Waals surface area contributed by atoms with E-state index in [0.29, 0.717) is 40.7 Å². The molecular formula is C45H55N2O2+. The van der Waals surface area contributed by atoms with Crippen LogP contribution in [-0.4, -0.2) is 23.1 Å². The van der Waals surface area contributed by atoms with Gasteiger partial charge in [0.1, 0.15) is 12.6 Å². The van der Waals surface area contributed by atoms with E-state index in [1.54, 1.807) is 5.57 Å². The molecule has 1 aromatic heterocycles. The number of benzene rings is 3. The van der Waals surface area contributed by atoms with Crippen molar-refractivity contribution >= 4 is 21.8 Å². The Labute approximate surface area is 292 Å². The van der Waals surface area contributed by atoms with Crippen LogP contribution in [0.2, 0.25) is 0 Å². The molecule has 10 rings (SSSR count). The Bertz CT molecular complexity index is 1950. The summed E-state index contributed by atoms with van der Waals surface area (Å²) >= 11 is 0. The second-order valence-electron chi connectivity index (χ2n) is 18.0. The van der Waals surface area contributed by atoms with E-state index in [-0.39, 0.29) is 5.79 Å². The van der Waals surface area contributed by atoms with Crippen LogP contribution in [0.1, 0.15) is 97.1 Å². The monoisotopic (exact) mass is 655 g/mol. The van der Waals surface area contributed by atoms with Gasteiger partial charge in [-0.3, -0.25) is 0 Å². The molecule has 4 heteroatoms. The normalized spacial score (nSPS) is 41.3. The van der Waals surface area contributed by atoms with Crippen LogP contribution < -0.4 is 4.57 Å². The predicted molar refractivity (Wildman–Crippen MR) is 196 cm³/mol. The standard InChI is InChI=1S/C45H55N2O2/c1-29-17-22-45(48-27-29)30(2)42-41(49-45)25-38-36-16-15-34-24-35(18-20-43(34,3)37(36)19-21-44(38,42)4)47-28-46(39-11-7-8-12-40(39)47)26-31-13-14-32-9-5-6-10-33(32)23-31/h5-15,23,28-30,35-38,41-42H,16-22,24-27H2,1-4H3/q+1/t29-,30+,35-,36-,37+,38+,41+,42+,43+,44+,45-/m1/s1. The van der Waals surface area contributed by atoms with E-state index in [1.165, 1.54) is 78.7 Å². The van der Waals surface area contributed by atoms with Gasteiger partial charge in [0, 0.05) is 18.8 Å². The van der Waals surface area contributed by atoms with Crippen LogP contribution in [0.4, 0.5) is 0 Å². The molecule has 2 aliphatic heterocycles. The van der Waals surface area contributed by atoms with Gasteiger partial charge >= 0.3 is 0 Å². The Morgan fingerprint density at radius 2 is 1.71 bits per heavy atom. The van der Waals surface area contributed by atoms with Gasteiger partial charge in [-0.15, -0.1) is 0 Å². The number of allylic oxidation sites excluding steroid dienone is 2. The zero-order valence-corrected chi connectivity index (χ0v) is 30.1. The van der Waals surface area contributed by atoms with Crippen LogP contribution in [-0.2, 0) is 16.0 Å². The fraction of sp³-hybridized carbons (Fsp3) is 0.578. The third-order valence-electron chi connectivity index (χ3n) is 15.6. The first-order chi connectivity index (χ1) is 23.8. The van der Waals surface area contributed by atoms with Gasteiger partial charge in [0.25, 0.3) is 0 Å². The van der Waals surface area contributed by atoms with Crippen LogP contribution in [0.25, 0.3) is 21.8 Å². The van der Waals surface area contributed by atoms with Gasteiger partial charge in [-0.05, 0) is 120 Å². The molecule has 5 fully saturated rings. The Hall–Kier alpha value is -2.95. The molecule has 4 aromatic rings. The molecule has 3 heterocycles. The van der Waals surface area contributed by atoms with Gasteiger partial charge < -0.3 is 9.47 Å². The van der Waals surface area contributed by atoms with E-state index in [1.807, 2.05) is 0 Å². The fourth-order valence-corrected chi connectivity index (χ4v) is 13.0. The Balaban J connectivity index is 0.905. The van der Waals surface area contributed by atoms with Crippen molar-refractivity contribution in [2.24, 2.45) is 46.3 Å². The van der Waals surface area contributed by atoms with Crippen LogP contribution in [0.5, 0.6) is 0 Å². The minimum absolute atomic E-state index is 0.313. The summed E-state index contributed by atoms with van der Waals surface area (Å²) in [4.78, 5) is 0. The molecular weight excluding hydrogens is 601 g/mol. The van der Waals surface area contributed by atoms with Gasteiger partial charge in [0.15, 0.2) is 16.8 Å². The molecule has 0 radical (unpaired) electrons. The van der Waals surface area contributed by atoms with Gasteiger partial charge in [-0.2, -0.15) is 0 Å². The topological polar surface area (TPSA) is 27.3 Å². The van der Waals surface area contributed by atoms with Crippen molar-refractivity contribution in [3.05, 3.63) is 90.3 Å². The lowest BCUT2D eigenvalue weighted by molar-refractivity contribution is -0.663. The zero-order valence-electron chi connectivity index (χ0n) is 30.1. The highest BCUT2D eigenvalue weighted by Gasteiger charge is 2.68. The van der Waals surface area contributed by atoms with E-state index in [2.05, 4.69) is 116 Å². The third-order valence-corrected chi connectivity index (χ3v) is 15.6. The number of ether oxygens (including phenoxy) is 2. The molecule has 256 valence electrons. The lowest BCUT2D eigenvalue weighted by atomic mass is 9.46. The summed E-state index contributed by atoms with van der Waals surface area (Å²) in [7, 11) is 0. The van der Waals surface area contributed by atoms with Crippen LogP contribution in [0, 0.1) is 46.3 Å². The van der Waals surface area contributed by atoms with Crippen LogP contribution in [0.15, 0.2) is 84.7 Å². The number of imidazole rings is 1.